The Balaban J connectivity index is 3.56. The maximum absolute atomic E-state index is 5.84. The van der Waals surface area contributed by atoms with Gasteiger partial charge in [-0.25, -0.2) is 0 Å². The van der Waals surface area contributed by atoms with Crippen LogP contribution in [-0.4, -0.2) is 26.4 Å². The summed E-state index contributed by atoms with van der Waals surface area (Å²) in [5, 5.41) is 0. The van der Waals surface area contributed by atoms with Crippen molar-refractivity contribution in [2.45, 2.75) is 194 Å². The Morgan fingerprint density at radius 3 is 0.946 bits per heavy atom. The van der Waals surface area contributed by atoms with Gasteiger partial charge in [0.1, 0.15) is 0 Å². The minimum absolute atomic E-state index is 0.971. The number of hydrogen-bond acceptors (Lipinski definition) is 2. The van der Waals surface area contributed by atoms with Gasteiger partial charge in [-0.1, -0.05) is 149 Å². The van der Waals surface area contributed by atoms with Crippen molar-refractivity contribution in [2.24, 2.45) is 0 Å². The lowest BCUT2D eigenvalue weighted by atomic mass is 9.89. The van der Waals surface area contributed by atoms with Crippen LogP contribution in [-0.2, 0) is 9.47 Å². The van der Waals surface area contributed by atoms with Crippen molar-refractivity contribution in [3.8, 4) is 0 Å². The van der Waals surface area contributed by atoms with E-state index in [9.17, 15) is 0 Å². The lowest BCUT2D eigenvalue weighted by molar-refractivity contribution is 0.125. The third kappa shape index (κ3) is 32.0. The molecule has 0 saturated heterocycles. The van der Waals surface area contributed by atoms with Crippen molar-refractivity contribution in [1.29, 1.82) is 0 Å². The van der Waals surface area contributed by atoms with Crippen LogP contribution in [0.2, 0.25) is 0 Å². The summed E-state index contributed by atoms with van der Waals surface area (Å²) in [6.45, 7) is 10.8. The number of ether oxygens (including phenoxy) is 2. The first kappa shape index (κ1) is 36.9. The fourth-order valence-electron chi connectivity index (χ4n) is 5.22. The van der Waals surface area contributed by atoms with Gasteiger partial charge in [-0.3, -0.25) is 0 Å². The van der Waals surface area contributed by atoms with Gasteiger partial charge >= 0.3 is 0 Å². The average Bonchev–Trinajstić information content (AvgIpc) is 2.91. The van der Waals surface area contributed by atoms with E-state index in [-0.39, 0.29) is 0 Å². The highest BCUT2D eigenvalue weighted by Gasteiger charge is 2.09. The first-order chi connectivity index (χ1) is 18.3. The fraction of sp³-hybridized carbons (Fsp3) is 0.971. The largest absolute Gasteiger partial charge is 0.381 e. The topological polar surface area (TPSA) is 18.5 Å². The standard InChI is InChI=1S/C35H71O2/c1-4-7-10-11-18-25-33-37-34-27-20-15-17-23-30-35(28-21-8-5-2)29-22-16-13-12-14-19-26-32-36-31-24-9-6-3/h4-34H2,1-3H3. The Bertz CT molecular complexity index is 383. The predicted molar refractivity (Wildman–Crippen MR) is 167 cm³/mol. The first-order valence-corrected chi connectivity index (χ1v) is 17.3. The van der Waals surface area contributed by atoms with Crippen LogP contribution in [0, 0.1) is 5.92 Å². The molecule has 0 aliphatic carbocycles. The van der Waals surface area contributed by atoms with Crippen molar-refractivity contribution in [3.63, 3.8) is 0 Å². The molecule has 0 aliphatic rings. The highest BCUT2D eigenvalue weighted by atomic mass is 16.5. The predicted octanol–water partition coefficient (Wildman–Crippen LogP) is 12.2. The van der Waals surface area contributed by atoms with E-state index in [2.05, 4.69) is 20.8 Å². The second kappa shape index (κ2) is 33.9. The van der Waals surface area contributed by atoms with Crippen molar-refractivity contribution in [1.82, 2.24) is 0 Å². The number of unbranched alkanes of at least 4 members (excludes halogenated alkanes) is 19. The van der Waals surface area contributed by atoms with E-state index in [0.29, 0.717) is 0 Å². The summed E-state index contributed by atoms with van der Waals surface area (Å²) in [5.41, 5.74) is 0. The zero-order valence-electron chi connectivity index (χ0n) is 26.2. The Labute approximate surface area is 235 Å². The third-order valence-corrected chi connectivity index (χ3v) is 7.81. The highest BCUT2D eigenvalue weighted by Crippen LogP contribution is 2.26. The van der Waals surface area contributed by atoms with Crippen LogP contribution in [0.1, 0.15) is 194 Å². The summed E-state index contributed by atoms with van der Waals surface area (Å²) >= 11 is 0. The molecule has 2 heteroatoms. The van der Waals surface area contributed by atoms with Gasteiger partial charge in [0.15, 0.2) is 0 Å². The highest BCUT2D eigenvalue weighted by molar-refractivity contribution is 4.89. The summed E-state index contributed by atoms with van der Waals surface area (Å²) in [6.07, 6.45) is 36.9. The SMILES string of the molecule is CCCCCCCCOCCCCCCC[C](CCCCC)CCCCCCCCCOCCCCC. The molecule has 0 aromatic rings. The van der Waals surface area contributed by atoms with Gasteiger partial charge in [-0.2, -0.15) is 0 Å². The monoisotopic (exact) mass is 524 g/mol. The summed E-state index contributed by atoms with van der Waals surface area (Å²) in [6, 6.07) is 0. The molecule has 0 aromatic carbocycles. The van der Waals surface area contributed by atoms with Gasteiger partial charge in [0.25, 0.3) is 0 Å². The second-order valence-corrected chi connectivity index (χ2v) is 11.6. The number of rotatable bonds is 33. The van der Waals surface area contributed by atoms with Crippen molar-refractivity contribution >= 4 is 0 Å². The Morgan fingerprint density at radius 2 is 0.541 bits per heavy atom. The second-order valence-electron chi connectivity index (χ2n) is 11.6. The van der Waals surface area contributed by atoms with Gasteiger partial charge in [0.2, 0.25) is 0 Å². The van der Waals surface area contributed by atoms with Crippen molar-refractivity contribution in [3.05, 3.63) is 5.92 Å². The van der Waals surface area contributed by atoms with E-state index < -0.39 is 0 Å². The van der Waals surface area contributed by atoms with Crippen LogP contribution >= 0.6 is 0 Å². The zero-order valence-corrected chi connectivity index (χ0v) is 26.2. The Hall–Kier alpha value is -0.0800. The molecule has 0 aromatic heterocycles. The normalized spacial score (nSPS) is 11.7. The fourth-order valence-corrected chi connectivity index (χ4v) is 5.22. The van der Waals surface area contributed by atoms with Crippen LogP contribution in [0.15, 0.2) is 0 Å². The molecule has 0 N–H and O–H groups in total. The molecule has 1 radical (unpaired) electrons. The van der Waals surface area contributed by atoms with Gasteiger partial charge in [0, 0.05) is 26.4 Å². The summed E-state index contributed by atoms with van der Waals surface area (Å²) in [7, 11) is 0. The van der Waals surface area contributed by atoms with E-state index in [0.717, 1.165) is 26.4 Å². The molecule has 0 amide bonds. The minimum atomic E-state index is 0.971. The lowest BCUT2D eigenvalue weighted by Gasteiger charge is -2.16. The molecule has 0 fully saturated rings. The number of hydrogen-bond donors (Lipinski definition) is 0. The van der Waals surface area contributed by atoms with E-state index in [1.807, 2.05) is 5.92 Å². The van der Waals surface area contributed by atoms with Crippen molar-refractivity contribution < 1.29 is 9.47 Å². The smallest absolute Gasteiger partial charge is 0.0466 e. The molecule has 223 valence electrons. The molecule has 0 spiro atoms. The summed E-state index contributed by atoms with van der Waals surface area (Å²) in [5.74, 6) is 1.89. The summed E-state index contributed by atoms with van der Waals surface area (Å²) < 4.78 is 11.6. The summed E-state index contributed by atoms with van der Waals surface area (Å²) in [4.78, 5) is 0. The molecule has 0 aliphatic heterocycles. The molecule has 0 saturated carbocycles. The van der Waals surface area contributed by atoms with Crippen LogP contribution < -0.4 is 0 Å². The van der Waals surface area contributed by atoms with Crippen molar-refractivity contribution in [2.75, 3.05) is 26.4 Å². The molecule has 0 atom stereocenters. The van der Waals surface area contributed by atoms with E-state index >= 15 is 0 Å². The van der Waals surface area contributed by atoms with Gasteiger partial charge < -0.3 is 9.47 Å². The third-order valence-electron chi connectivity index (χ3n) is 7.81. The molecule has 0 heterocycles. The van der Waals surface area contributed by atoms with Gasteiger partial charge in [-0.05, 0) is 50.9 Å². The zero-order chi connectivity index (χ0) is 26.9. The molecule has 0 rings (SSSR count). The molecule has 2 nitrogen and oxygen atoms in total. The Kier molecular flexibility index (Phi) is 33.9. The molecule has 37 heavy (non-hydrogen) atoms. The first-order valence-electron chi connectivity index (χ1n) is 17.3. The molecular formula is C35H71O2. The maximum atomic E-state index is 5.84. The lowest BCUT2D eigenvalue weighted by Crippen LogP contribution is -2.00. The van der Waals surface area contributed by atoms with E-state index in [1.165, 1.54) is 173 Å². The molecule has 0 bridgehead atoms. The van der Waals surface area contributed by atoms with Gasteiger partial charge in [0.05, 0.1) is 0 Å². The quantitative estimate of drug-likeness (QED) is 0.0796. The van der Waals surface area contributed by atoms with E-state index in [1.54, 1.807) is 0 Å². The van der Waals surface area contributed by atoms with Crippen LogP contribution in [0.25, 0.3) is 0 Å². The van der Waals surface area contributed by atoms with Crippen LogP contribution in [0.4, 0.5) is 0 Å². The van der Waals surface area contributed by atoms with Crippen LogP contribution in [0.5, 0.6) is 0 Å². The van der Waals surface area contributed by atoms with Gasteiger partial charge in [-0.15, -0.1) is 0 Å². The molecule has 0 unspecified atom stereocenters. The van der Waals surface area contributed by atoms with E-state index in [4.69, 9.17) is 9.47 Å². The Morgan fingerprint density at radius 1 is 0.297 bits per heavy atom. The van der Waals surface area contributed by atoms with Crippen LogP contribution in [0.3, 0.4) is 0 Å². The maximum Gasteiger partial charge on any atom is 0.0466 e. The molecular weight excluding hydrogens is 452 g/mol. The average molecular weight is 524 g/mol. The minimum Gasteiger partial charge on any atom is -0.381 e.